The van der Waals surface area contributed by atoms with Crippen LogP contribution in [-0.2, 0) is 0 Å². The SMILES string of the molecule is ON=C1C[C]2CCC(C1)N2. The second-order valence-electron chi connectivity index (χ2n) is 3.03. The number of rotatable bonds is 0. The average Bonchev–Trinajstić information content (AvgIpc) is 2.30. The molecular formula is C7H11N2O. The van der Waals surface area contributed by atoms with Crippen molar-refractivity contribution in [2.75, 3.05) is 0 Å². The first-order chi connectivity index (χ1) is 4.88. The zero-order chi connectivity index (χ0) is 6.97. The highest BCUT2D eigenvalue weighted by atomic mass is 16.4. The second kappa shape index (κ2) is 2.23. The molecule has 2 bridgehead atoms. The molecule has 1 unspecified atom stereocenters. The van der Waals surface area contributed by atoms with Crippen molar-refractivity contribution in [3.05, 3.63) is 6.04 Å². The van der Waals surface area contributed by atoms with Crippen molar-refractivity contribution in [3.63, 3.8) is 0 Å². The summed E-state index contributed by atoms with van der Waals surface area (Å²) in [5.41, 5.74) is 0.941. The fourth-order valence-corrected chi connectivity index (χ4v) is 1.75. The standard InChI is InChI=1S/C7H11N2O/c10-9-7-3-5-1-2-6(4-7)8-5/h5,8,10H,1-4H2. The largest absolute Gasteiger partial charge is 0.411 e. The Morgan fingerprint density at radius 1 is 1.60 bits per heavy atom. The zero-order valence-corrected chi connectivity index (χ0v) is 5.80. The minimum absolute atomic E-state index is 0.564. The number of nitrogens with one attached hydrogen (secondary N) is 1. The summed E-state index contributed by atoms with van der Waals surface area (Å²) < 4.78 is 0. The van der Waals surface area contributed by atoms with Crippen molar-refractivity contribution in [2.45, 2.75) is 31.7 Å². The van der Waals surface area contributed by atoms with Gasteiger partial charge >= 0.3 is 0 Å². The molecule has 55 valence electrons. The number of piperidine rings is 1. The van der Waals surface area contributed by atoms with E-state index in [0.29, 0.717) is 6.04 Å². The van der Waals surface area contributed by atoms with Crippen molar-refractivity contribution in [1.82, 2.24) is 5.32 Å². The van der Waals surface area contributed by atoms with Gasteiger partial charge in [0, 0.05) is 24.9 Å². The first-order valence-corrected chi connectivity index (χ1v) is 3.69. The number of oxime groups is 1. The number of hydrogen-bond donors (Lipinski definition) is 2. The highest BCUT2D eigenvalue weighted by molar-refractivity contribution is 5.87. The Balaban J connectivity index is 2.09. The molecule has 0 aromatic rings. The third-order valence-corrected chi connectivity index (χ3v) is 2.24. The van der Waals surface area contributed by atoms with Gasteiger partial charge in [0.1, 0.15) is 0 Å². The lowest BCUT2D eigenvalue weighted by Crippen LogP contribution is -2.33. The first-order valence-electron chi connectivity index (χ1n) is 3.69. The average molecular weight is 139 g/mol. The van der Waals surface area contributed by atoms with Crippen LogP contribution in [0.15, 0.2) is 5.16 Å². The Morgan fingerprint density at radius 3 is 3.20 bits per heavy atom. The van der Waals surface area contributed by atoms with Gasteiger partial charge in [-0.3, -0.25) is 0 Å². The van der Waals surface area contributed by atoms with Gasteiger partial charge in [0.2, 0.25) is 0 Å². The van der Waals surface area contributed by atoms with E-state index in [9.17, 15) is 0 Å². The smallest absolute Gasteiger partial charge is 0.0605 e. The first kappa shape index (κ1) is 6.16. The number of nitrogens with zero attached hydrogens (tertiary/aromatic N) is 1. The van der Waals surface area contributed by atoms with E-state index in [-0.39, 0.29) is 0 Å². The molecule has 2 heterocycles. The molecule has 1 atom stereocenters. The van der Waals surface area contributed by atoms with Gasteiger partial charge in [0.05, 0.1) is 5.71 Å². The van der Waals surface area contributed by atoms with Gasteiger partial charge in [-0.1, -0.05) is 5.16 Å². The van der Waals surface area contributed by atoms with E-state index in [1.54, 1.807) is 0 Å². The molecular weight excluding hydrogens is 128 g/mol. The molecule has 2 aliphatic rings. The quantitative estimate of drug-likeness (QED) is 0.387. The summed E-state index contributed by atoms with van der Waals surface area (Å²) in [5, 5.41) is 15.1. The summed E-state index contributed by atoms with van der Waals surface area (Å²) in [6.07, 6.45) is 4.19. The van der Waals surface area contributed by atoms with Crippen LogP contribution in [0.4, 0.5) is 0 Å². The van der Waals surface area contributed by atoms with E-state index in [1.807, 2.05) is 0 Å². The molecule has 0 aliphatic carbocycles. The maximum atomic E-state index is 8.50. The van der Waals surface area contributed by atoms with Gasteiger partial charge in [-0.2, -0.15) is 0 Å². The van der Waals surface area contributed by atoms with Gasteiger partial charge in [0.15, 0.2) is 0 Å². The molecule has 3 heteroatoms. The molecule has 0 spiro atoms. The maximum absolute atomic E-state index is 8.50. The minimum Gasteiger partial charge on any atom is -0.411 e. The molecule has 0 aromatic heterocycles. The molecule has 0 amide bonds. The summed E-state index contributed by atoms with van der Waals surface area (Å²) in [6.45, 7) is 0. The van der Waals surface area contributed by atoms with Crippen molar-refractivity contribution in [3.8, 4) is 0 Å². The monoisotopic (exact) mass is 139 g/mol. The Kier molecular flexibility index (Phi) is 1.38. The lowest BCUT2D eigenvalue weighted by Gasteiger charge is -2.20. The van der Waals surface area contributed by atoms with Gasteiger partial charge in [-0.05, 0) is 12.8 Å². The highest BCUT2D eigenvalue weighted by Gasteiger charge is 2.31. The molecule has 2 saturated heterocycles. The van der Waals surface area contributed by atoms with Gasteiger partial charge < -0.3 is 10.5 Å². The van der Waals surface area contributed by atoms with Gasteiger partial charge in [-0.15, -0.1) is 0 Å². The van der Waals surface area contributed by atoms with E-state index < -0.39 is 0 Å². The predicted molar refractivity (Wildman–Crippen MR) is 37.9 cm³/mol. The third-order valence-electron chi connectivity index (χ3n) is 2.24. The molecule has 10 heavy (non-hydrogen) atoms. The lowest BCUT2D eigenvalue weighted by molar-refractivity contribution is 0.314. The van der Waals surface area contributed by atoms with Gasteiger partial charge in [0.25, 0.3) is 0 Å². The molecule has 0 saturated carbocycles. The lowest BCUT2D eigenvalue weighted by atomic mass is 10.0. The van der Waals surface area contributed by atoms with Crippen LogP contribution in [0.3, 0.4) is 0 Å². The normalized spacial score (nSPS) is 37.2. The van der Waals surface area contributed by atoms with Crippen LogP contribution in [0.25, 0.3) is 0 Å². The molecule has 1 radical (unpaired) electrons. The highest BCUT2D eigenvalue weighted by Crippen LogP contribution is 2.29. The summed E-state index contributed by atoms with van der Waals surface area (Å²) in [7, 11) is 0. The van der Waals surface area contributed by atoms with Crippen molar-refractivity contribution < 1.29 is 5.21 Å². The maximum Gasteiger partial charge on any atom is 0.0605 e. The summed E-state index contributed by atoms with van der Waals surface area (Å²) in [6, 6.07) is 1.92. The van der Waals surface area contributed by atoms with Crippen molar-refractivity contribution in [1.29, 1.82) is 0 Å². The fraction of sp³-hybridized carbons (Fsp3) is 0.714. The molecule has 2 fully saturated rings. The van der Waals surface area contributed by atoms with Crippen LogP contribution in [0.2, 0.25) is 0 Å². The topological polar surface area (TPSA) is 44.6 Å². The summed E-state index contributed by atoms with van der Waals surface area (Å²) in [5.74, 6) is 0. The Labute approximate surface area is 60.1 Å². The van der Waals surface area contributed by atoms with Crippen LogP contribution in [0, 0.1) is 6.04 Å². The van der Waals surface area contributed by atoms with E-state index in [4.69, 9.17) is 5.21 Å². The van der Waals surface area contributed by atoms with Crippen LogP contribution in [-0.4, -0.2) is 17.0 Å². The molecule has 2 rings (SSSR count). The Bertz CT molecular complexity index is 153. The van der Waals surface area contributed by atoms with Crippen molar-refractivity contribution in [2.24, 2.45) is 5.16 Å². The fourth-order valence-electron chi connectivity index (χ4n) is 1.75. The zero-order valence-electron chi connectivity index (χ0n) is 5.80. The minimum atomic E-state index is 0.564. The van der Waals surface area contributed by atoms with Crippen LogP contribution in [0.1, 0.15) is 25.7 Å². The Hall–Kier alpha value is -0.570. The molecule has 0 aromatic carbocycles. The summed E-state index contributed by atoms with van der Waals surface area (Å²) in [4.78, 5) is 0. The van der Waals surface area contributed by atoms with E-state index in [2.05, 4.69) is 10.5 Å². The second-order valence-corrected chi connectivity index (χ2v) is 3.03. The van der Waals surface area contributed by atoms with E-state index in [1.165, 1.54) is 18.9 Å². The van der Waals surface area contributed by atoms with E-state index >= 15 is 0 Å². The van der Waals surface area contributed by atoms with E-state index in [0.717, 1.165) is 18.6 Å². The Morgan fingerprint density at radius 2 is 2.50 bits per heavy atom. The molecule has 2 N–H and O–H groups in total. The van der Waals surface area contributed by atoms with Crippen LogP contribution in [0.5, 0.6) is 0 Å². The number of hydrogen-bond acceptors (Lipinski definition) is 3. The molecule has 3 nitrogen and oxygen atoms in total. The predicted octanol–water partition coefficient (Wildman–Crippen LogP) is 0.894. The number of fused-ring (bicyclic) bond motifs is 2. The summed E-state index contributed by atoms with van der Waals surface area (Å²) >= 11 is 0. The third kappa shape index (κ3) is 0.904. The van der Waals surface area contributed by atoms with Crippen LogP contribution < -0.4 is 5.32 Å². The molecule has 2 aliphatic heterocycles. The van der Waals surface area contributed by atoms with Gasteiger partial charge in [-0.25, -0.2) is 0 Å². The van der Waals surface area contributed by atoms with Crippen molar-refractivity contribution >= 4 is 5.71 Å². The van der Waals surface area contributed by atoms with Crippen LogP contribution >= 0.6 is 0 Å².